The number of ether oxygens (including phenoxy) is 2. The summed E-state index contributed by atoms with van der Waals surface area (Å²) in [7, 11) is 1.53. The molecule has 0 fully saturated rings. The molecule has 142 valence electrons. The van der Waals surface area contributed by atoms with Crippen LogP contribution in [0.15, 0.2) is 54.6 Å². The molecule has 0 aromatic heterocycles. The number of carbonyl (C=O) groups excluding carboxylic acids is 2. The first-order valence-electron chi connectivity index (χ1n) is 8.37. The number of hydrogen-bond acceptors (Lipinski definition) is 5. The standard InChI is InChI=1S/C20H21NO6/c1-26-16-9-5-6-14(12-16)13-27-20(25)21-17(19(23)24)10-11-18(22)15-7-3-2-4-8-15/h2-9,12,17H,10-11,13H2,1H3,(H,21,25)(H,23,24). The molecule has 27 heavy (non-hydrogen) atoms. The molecular weight excluding hydrogens is 350 g/mol. The van der Waals surface area contributed by atoms with E-state index in [1.165, 1.54) is 7.11 Å². The fourth-order valence-corrected chi connectivity index (χ4v) is 2.40. The van der Waals surface area contributed by atoms with Crippen molar-refractivity contribution < 1.29 is 29.0 Å². The van der Waals surface area contributed by atoms with Gasteiger partial charge in [0.2, 0.25) is 0 Å². The molecule has 7 heteroatoms. The normalized spacial score (nSPS) is 11.3. The molecule has 1 amide bonds. The summed E-state index contributed by atoms with van der Waals surface area (Å²) in [6.45, 7) is -0.0294. The van der Waals surface area contributed by atoms with Gasteiger partial charge in [0.25, 0.3) is 0 Å². The van der Waals surface area contributed by atoms with Gasteiger partial charge in [-0.3, -0.25) is 4.79 Å². The number of carboxylic acid groups (broad SMARTS) is 1. The van der Waals surface area contributed by atoms with Crippen molar-refractivity contribution in [3.8, 4) is 5.75 Å². The van der Waals surface area contributed by atoms with Gasteiger partial charge < -0.3 is 19.9 Å². The van der Waals surface area contributed by atoms with Crippen molar-refractivity contribution in [2.45, 2.75) is 25.5 Å². The molecule has 0 aliphatic rings. The molecule has 2 rings (SSSR count). The quantitative estimate of drug-likeness (QED) is 0.657. The lowest BCUT2D eigenvalue weighted by Crippen LogP contribution is -2.41. The van der Waals surface area contributed by atoms with E-state index >= 15 is 0 Å². The Balaban J connectivity index is 1.84. The zero-order valence-corrected chi connectivity index (χ0v) is 14.9. The average molecular weight is 371 g/mol. The molecule has 0 radical (unpaired) electrons. The lowest BCUT2D eigenvalue weighted by Gasteiger charge is -2.14. The first-order chi connectivity index (χ1) is 13.0. The van der Waals surface area contributed by atoms with Crippen molar-refractivity contribution in [2.24, 2.45) is 0 Å². The molecule has 0 bridgehead atoms. The number of nitrogens with one attached hydrogen (secondary N) is 1. The lowest BCUT2D eigenvalue weighted by molar-refractivity contribution is -0.139. The topological polar surface area (TPSA) is 102 Å². The first-order valence-corrected chi connectivity index (χ1v) is 8.37. The molecule has 2 aromatic rings. The summed E-state index contributed by atoms with van der Waals surface area (Å²) < 4.78 is 10.1. The van der Waals surface area contributed by atoms with Crippen molar-refractivity contribution in [1.29, 1.82) is 0 Å². The number of carboxylic acids is 1. The van der Waals surface area contributed by atoms with Crippen LogP contribution in [0, 0.1) is 0 Å². The number of rotatable bonds is 9. The second-order valence-corrected chi connectivity index (χ2v) is 5.79. The second kappa shape index (κ2) is 9.96. The number of alkyl carbamates (subject to hydrolysis) is 1. The second-order valence-electron chi connectivity index (χ2n) is 5.79. The largest absolute Gasteiger partial charge is 0.497 e. The van der Waals surface area contributed by atoms with Crippen molar-refractivity contribution >= 4 is 17.8 Å². The minimum atomic E-state index is -1.23. The highest BCUT2D eigenvalue weighted by molar-refractivity contribution is 5.96. The van der Waals surface area contributed by atoms with Crippen LogP contribution in [0.3, 0.4) is 0 Å². The van der Waals surface area contributed by atoms with Gasteiger partial charge in [-0.15, -0.1) is 0 Å². The van der Waals surface area contributed by atoms with Gasteiger partial charge in [-0.25, -0.2) is 9.59 Å². The van der Waals surface area contributed by atoms with Crippen LogP contribution in [0.25, 0.3) is 0 Å². The highest BCUT2D eigenvalue weighted by atomic mass is 16.5. The predicted molar refractivity (Wildman–Crippen MR) is 97.7 cm³/mol. The maximum Gasteiger partial charge on any atom is 0.408 e. The minimum Gasteiger partial charge on any atom is -0.497 e. The lowest BCUT2D eigenvalue weighted by atomic mass is 10.0. The zero-order valence-electron chi connectivity index (χ0n) is 14.9. The molecule has 0 saturated carbocycles. The van der Waals surface area contributed by atoms with Crippen molar-refractivity contribution in [2.75, 3.05) is 7.11 Å². The van der Waals surface area contributed by atoms with E-state index in [9.17, 15) is 19.5 Å². The Hall–Kier alpha value is -3.35. The highest BCUT2D eigenvalue weighted by Gasteiger charge is 2.22. The van der Waals surface area contributed by atoms with Crippen LogP contribution in [0.2, 0.25) is 0 Å². The van der Waals surface area contributed by atoms with Crippen LogP contribution in [-0.2, 0) is 16.1 Å². The van der Waals surface area contributed by atoms with E-state index in [-0.39, 0.29) is 25.2 Å². The maximum atomic E-state index is 12.1. The van der Waals surface area contributed by atoms with E-state index in [0.717, 1.165) is 0 Å². The molecular formula is C20H21NO6. The van der Waals surface area contributed by atoms with Crippen LogP contribution in [-0.4, -0.2) is 36.1 Å². The summed E-state index contributed by atoms with van der Waals surface area (Å²) in [6.07, 6.45) is -0.897. The first kappa shape index (κ1) is 20.0. The number of ketones is 1. The Morgan fingerprint density at radius 2 is 1.81 bits per heavy atom. The van der Waals surface area contributed by atoms with E-state index in [4.69, 9.17) is 9.47 Å². The third-order valence-electron chi connectivity index (χ3n) is 3.85. The summed E-state index contributed by atoms with van der Waals surface area (Å²) in [4.78, 5) is 35.3. The van der Waals surface area contributed by atoms with Crippen molar-refractivity contribution in [3.63, 3.8) is 0 Å². The smallest absolute Gasteiger partial charge is 0.408 e. The Morgan fingerprint density at radius 1 is 1.07 bits per heavy atom. The average Bonchev–Trinajstić information content (AvgIpc) is 2.69. The van der Waals surface area contributed by atoms with Crippen molar-refractivity contribution in [1.82, 2.24) is 5.32 Å². The van der Waals surface area contributed by atoms with Crippen LogP contribution >= 0.6 is 0 Å². The van der Waals surface area contributed by atoms with E-state index in [1.807, 2.05) is 0 Å². The van der Waals surface area contributed by atoms with Gasteiger partial charge in [-0.2, -0.15) is 0 Å². The Labute approximate surface area is 156 Å². The minimum absolute atomic E-state index is 0.00283. The molecule has 0 saturated heterocycles. The Bertz CT molecular complexity index is 790. The molecule has 1 atom stereocenters. The molecule has 0 aliphatic heterocycles. The molecule has 0 heterocycles. The number of amides is 1. The van der Waals surface area contributed by atoms with Gasteiger partial charge >= 0.3 is 12.1 Å². The molecule has 1 unspecified atom stereocenters. The van der Waals surface area contributed by atoms with Gasteiger partial charge in [0.15, 0.2) is 5.78 Å². The van der Waals surface area contributed by atoms with Crippen LogP contribution in [0.5, 0.6) is 5.75 Å². The van der Waals surface area contributed by atoms with Gasteiger partial charge in [-0.1, -0.05) is 42.5 Å². The van der Waals surface area contributed by atoms with E-state index in [2.05, 4.69) is 5.32 Å². The number of methoxy groups -OCH3 is 1. The van der Waals surface area contributed by atoms with E-state index in [1.54, 1.807) is 54.6 Å². The van der Waals surface area contributed by atoms with E-state index in [0.29, 0.717) is 16.9 Å². The van der Waals surface area contributed by atoms with E-state index < -0.39 is 18.1 Å². The van der Waals surface area contributed by atoms with Crippen LogP contribution < -0.4 is 10.1 Å². The SMILES string of the molecule is COc1cccc(COC(=O)NC(CCC(=O)c2ccccc2)C(=O)O)c1. The van der Waals surface area contributed by atoms with Gasteiger partial charge in [0.1, 0.15) is 18.4 Å². The number of carbonyl (C=O) groups is 3. The Kier molecular flexibility index (Phi) is 7.37. The van der Waals surface area contributed by atoms with Crippen molar-refractivity contribution in [3.05, 3.63) is 65.7 Å². The van der Waals surface area contributed by atoms with Gasteiger partial charge in [0.05, 0.1) is 7.11 Å². The summed E-state index contributed by atoms with van der Waals surface area (Å²) in [6, 6.07) is 14.3. The number of hydrogen-bond donors (Lipinski definition) is 2. The highest BCUT2D eigenvalue weighted by Crippen LogP contribution is 2.13. The maximum absolute atomic E-state index is 12.1. The van der Waals surface area contributed by atoms with Gasteiger partial charge in [0, 0.05) is 12.0 Å². The molecule has 2 N–H and O–H groups in total. The Morgan fingerprint density at radius 3 is 2.48 bits per heavy atom. The number of Topliss-reactive ketones (excluding diaryl/α,β-unsaturated/α-hetero) is 1. The fraction of sp³-hybridized carbons (Fsp3) is 0.250. The summed E-state index contributed by atoms with van der Waals surface area (Å²) in [5.41, 5.74) is 1.21. The third-order valence-corrected chi connectivity index (χ3v) is 3.85. The third kappa shape index (κ3) is 6.47. The fourth-order valence-electron chi connectivity index (χ4n) is 2.40. The van der Waals surface area contributed by atoms with Gasteiger partial charge in [-0.05, 0) is 24.1 Å². The molecule has 7 nitrogen and oxygen atoms in total. The molecule has 2 aromatic carbocycles. The molecule has 0 spiro atoms. The summed E-state index contributed by atoms with van der Waals surface area (Å²) >= 11 is 0. The monoisotopic (exact) mass is 371 g/mol. The summed E-state index contributed by atoms with van der Waals surface area (Å²) in [5, 5.41) is 11.5. The molecule has 0 aliphatic carbocycles. The summed E-state index contributed by atoms with van der Waals surface area (Å²) in [5.74, 6) is -0.790. The van der Waals surface area contributed by atoms with Crippen LogP contribution in [0.1, 0.15) is 28.8 Å². The predicted octanol–water partition coefficient (Wildman–Crippen LogP) is 3.04. The number of aliphatic carboxylic acids is 1. The zero-order chi connectivity index (χ0) is 19.6. The van der Waals surface area contributed by atoms with Crippen LogP contribution in [0.4, 0.5) is 4.79 Å². The number of benzene rings is 2.